The smallest absolute Gasteiger partial charge is 0.294 e. The number of hydrogen-bond donors (Lipinski definition) is 2. The van der Waals surface area contributed by atoms with Crippen molar-refractivity contribution in [3.8, 4) is 5.88 Å². The fourth-order valence-corrected chi connectivity index (χ4v) is 5.38. The molecular weight excluding hydrogens is 498 g/mol. The van der Waals surface area contributed by atoms with E-state index in [2.05, 4.69) is 24.2 Å². The van der Waals surface area contributed by atoms with E-state index in [9.17, 15) is 20.2 Å². The number of fused-ring (bicyclic) bond motifs is 1. The fraction of sp³-hybridized carbons (Fsp3) is 0.900. The Kier molecular flexibility index (Phi) is 8.12. The van der Waals surface area contributed by atoms with Crippen LogP contribution in [0.25, 0.3) is 0 Å². The number of morpholine rings is 1. The SMILES string of the molecule is CC(C)(C)NCC(COc1nsnc1N1CC(CO[N+](=O)[O-])OC2C1C(C)(C)NC2(C)C)O[N+](=O)[O-]. The molecule has 2 aliphatic heterocycles. The number of nitrogens with one attached hydrogen (secondary N) is 2. The molecule has 4 unspecified atom stereocenters. The Balaban J connectivity index is 1.83. The minimum atomic E-state index is -0.879. The van der Waals surface area contributed by atoms with Crippen LogP contribution in [0.15, 0.2) is 0 Å². The van der Waals surface area contributed by atoms with Crippen LogP contribution in [0.5, 0.6) is 5.88 Å². The zero-order chi connectivity index (χ0) is 26.9. The lowest BCUT2D eigenvalue weighted by Crippen LogP contribution is -2.62. The molecule has 4 atom stereocenters. The molecule has 0 aliphatic carbocycles. The summed E-state index contributed by atoms with van der Waals surface area (Å²) in [6.07, 6.45) is -1.84. The molecule has 2 saturated heterocycles. The summed E-state index contributed by atoms with van der Waals surface area (Å²) in [5, 5.41) is 26.9. The molecule has 0 bridgehead atoms. The van der Waals surface area contributed by atoms with Crippen LogP contribution in [0.2, 0.25) is 0 Å². The van der Waals surface area contributed by atoms with Crippen molar-refractivity contribution in [1.82, 2.24) is 19.4 Å². The number of anilines is 1. The lowest BCUT2D eigenvalue weighted by molar-refractivity contribution is -0.768. The maximum Gasteiger partial charge on any atom is 0.294 e. The minimum Gasteiger partial charge on any atom is -0.472 e. The molecule has 0 spiro atoms. The van der Waals surface area contributed by atoms with Gasteiger partial charge in [-0.3, -0.25) is 0 Å². The molecule has 16 heteroatoms. The van der Waals surface area contributed by atoms with Crippen LogP contribution in [0.3, 0.4) is 0 Å². The predicted octanol–water partition coefficient (Wildman–Crippen LogP) is 1.19. The Morgan fingerprint density at radius 2 is 1.92 bits per heavy atom. The van der Waals surface area contributed by atoms with Gasteiger partial charge in [0.05, 0.1) is 30.0 Å². The van der Waals surface area contributed by atoms with E-state index in [0.29, 0.717) is 5.82 Å². The van der Waals surface area contributed by atoms with Crippen LogP contribution in [0.4, 0.5) is 5.82 Å². The van der Waals surface area contributed by atoms with Crippen LogP contribution in [0, 0.1) is 20.2 Å². The summed E-state index contributed by atoms with van der Waals surface area (Å²) in [5.41, 5.74) is -1.14. The highest BCUT2D eigenvalue weighted by Gasteiger charge is 2.59. The van der Waals surface area contributed by atoms with Crippen molar-refractivity contribution in [1.29, 1.82) is 0 Å². The molecule has 2 N–H and O–H groups in total. The Bertz CT molecular complexity index is 937. The molecule has 1 aromatic heterocycles. The van der Waals surface area contributed by atoms with Gasteiger partial charge in [0.1, 0.15) is 13.2 Å². The molecule has 2 fully saturated rings. The summed E-state index contributed by atoms with van der Waals surface area (Å²) in [7, 11) is 0. The zero-order valence-corrected chi connectivity index (χ0v) is 22.4. The fourth-order valence-electron chi connectivity index (χ4n) is 4.87. The molecular formula is C20H35N7O8S. The molecule has 1 aromatic rings. The van der Waals surface area contributed by atoms with Gasteiger partial charge in [-0.2, -0.15) is 4.37 Å². The highest BCUT2D eigenvalue weighted by atomic mass is 32.1. The molecule has 204 valence electrons. The topological polar surface area (TPSA) is 176 Å². The van der Waals surface area contributed by atoms with Gasteiger partial charge in [-0.25, -0.2) is 0 Å². The minimum absolute atomic E-state index is 0.137. The first-order chi connectivity index (χ1) is 16.6. The first-order valence-corrected chi connectivity index (χ1v) is 12.3. The second-order valence-corrected chi connectivity index (χ2v) is 11.7. The van der Waals surface area contributed by atoms with Crippen LogP contribution < -0.4 is 20.3 Å². The van der Waals surface area contributed by atoms with Gasteiger partial charge < -0.3 is 34.7 Å². The van der Waals surface area contributed by atoms with Crippen molar-refractivity contribution in [2.45, 2.75) is 89.4 Å². The summed E-state index contributed by atoms with van der Waals surface area (Å²) >= 11 is 0.939. The van der Waals surface area contributed by atoms with E-state index >= 15 is 0 Å². The van der Waals surface area contributed by atoms with E-state index in [1.807, 2.05) is 53.4 Å². The lowest BCUT2D eigenvalue weighted by atomic mass is 9.88. The molecule has 0 saturated carbocycles. The highest BCUT2D eigenvalue weighted by Crippen LogP contribution is 2.43. The molecule has 0 aromatic carbocycles. The van der Waals surface area contributed by atoms with E-state index in [1.165, 1.54) is 0 Å². The predicted molar refractivity (Wildman–Crippen MR) is 129 cm³/mol. The average molecular weight is 534 g/mol. The zero-order valence-electron chi connectivity index (χ0n) is 21.5. The van der Waals surface area contributed by atoms with Gasteiger partial charge in [0.15, 0.2) is 6.10 Å². The molecule has 0 amide bonds. The van der Waals surface area contributed by atoms with Crippen LogP contribution >= 0.6 is 11.7 Å². The van der Waals surface area contributed by atoms with Gasteiger partial charge in [-0.15, -0.1) is 24.6 Å². The van der Waals surface area contributed by atoms with Crippen molar-refractivity contribution in [3.05, 3.63) is 20.2 Å². The summed E-state index contributed by atoms with van der Waals surface area (Å²) in [4.78, 5) is 33.2. The van der Waals surface area contributed by atoms with Crippen LogP contribution in [0.1, 0.15) is 48.5 Å². The number of aromatic nitrogens is 2. The molecule has 3 rings (SSSR count). The summed E-state index contributed by atoms with van der Waals surface area (Å²) in [6, 6.07) is -0.209. The van der Waals surface area contributed by atoms with E-state index < -0.39 is 33.5 Å². The largest absolute Gasteiger partial charge is 0.472 e. The van der Waals surface area contributed by atoms with Crippen molar-refractivity contribution in [3.63, 3.8) is 0 Å². The summed E-state index contributed by atoms with van der Waals surface area (Å²) < 4.78 is 20.9. The number of ether oxygens (including phenoxy) is 2. The average Bonchev–Trinajstić information content (AvgIpc) is 3.27. The number of hydrogen-bond acceptors (Lipinski definition) is 14. The van der Waals surface area contributed by atoms with Crippen molar-refractivity contribution < 1.29 is 29.3 Å². The second-order valence-electron chi connectivity index (χ2n) is 11.1. The van der Waals surface area contributed by atoms with E-state index in [0.717, 1.165) is 11.7 Å². The molecule has 3 heterocycles. The first kappa shape index (κ1) is 28.0. The molecule has 0 radical (unpaired) electrons. The van der Waals surface area contributed by atoms with E-state index in [-0.39, 0.29) is 49.9 Å². The van der Waals surface area contributed by atoms with Crippen LogP contribution in [-0.2, 0) is 14.4 Å². The summed E-state index contributed by atoms with van der Waals surface area (Å²) in [6.45, 7) is 14.0. The maximum absolute atomic E-state index is 11.0. The van der Waals surface area contributed by atoms with Gasteiger partial charge in [-0.1, -0.05) is 0 Å². The third-order valence-corrected chi connectivity index (χ3v) is 6.54. The third kappa shape index (κ3) is 6.80. The van der Waals surface area contributed by atoms with Crippen molar-refractivity contribution >= 4 is 17.5 Å². The van der Waals surface area contributed by atoms with E-state index in [1.54, 1.807) is 0 Å². The van der Waals surface area contributed by atoms with Crippen molar-refractivity contribution in [2.75, 3.05) is 31.2 Å². The lowest BCUT2D eigenvalue weighted by Gasteiger charge is -2.46. The quantitative estimate of drug-likeness (QED) is 0.307. The van der Waals surface area contributed by atoms with Crippen LogP contribution in [-0.4, -0.2) is 86.2 Å². The molecule has 36 heavy (non-hydrogen) atoms. The number of rotatable bonds is 11. The highest BCUT2D eigenvalue weighted by molar-refractivity contribution is 6.99. The monoisotopic (exact) mass is 533 g/mol. The van der Waals surface area contributed by atoms with Gasteiger partial charge in [0, 0.05) is 29.7 Å². The Morgan fingerprint density at radius 3 is 2.53 bits per heavy atom. The first-order valence-electron chi connectivity index (χ1n) is 11.6. The molecule has 15 nitrogen and oxygen atoms in total. The Labute approximate surface area is 213 Å². The van der Waals surface area contributed by atoms with Crippen molar-refractivity contribution in [2.24, 2.45) is 0 Å². The van der Waals surface area contributed by atoms with Gasteiger partial charge in [0.25, 0.3) is 16.1 Å². The Hall–Kier alpha value is -2.56. The Morgan fingerprint density at radius 1 is 1.22 bits per heavy atom. The normalized spacial score (nSPS) is 25.6. The summed E-state index contributed by atoms with van der Waals surface area (Å²) in [5.74, 6) is 0.628. The molecule has 2 aliphatic rings. The van der Waals surface area contributed by atoms with Gasteiger partial charge in [-0.05, 0) is 48.5 Å². The second kappa shape index (κ2) is 10.4. The van der Waals surface area contributed by atoms with Gasteiger partial charge in [0.2, 0.25) is 5.82 Å². The standard InChI is InChI=1S/C20H35N7O8S/c1-18(2,3)21-8-12(35-27(30)31)10-32-17-16(22-36-23-17)25-9-13(11-33-26(28)29)34-15-14(25)19(4,5)24-20(15,6)7/h12-15,21,24H,8-11H2,1-7H3. The van der Waals surface area contributed by atoms with Gasteiger partial charge >= 0.3 is 0 Å². The van der Waals surface area contributed by atoms with E-state index in [4.69, 9.17) is 14.3 Å². The number of nitrogens with zero attached hydrogens (tertiary/aromatic N) is 5. The third-order valence-electron chi connectivity index (χ3n) is 6.04. The maximum atomic E-state index is 11.0.